The van der Waals surface area contributed by atoms with Crippen LogP contribution in [0.3, 0.4) is 0 Å². The second kappa shape index (κ2) is 3.79. The van der Waals surface area contributed by atoms with Crippen LogP contribution in [0.4, 0.5) is 13.2 Å². The van der Waals surface area contributed by atoms with Crippen molar-refractivity contribution < 1.29 is 13.2 Å². The van der Waals surface area contributed by atoms with Gasteiger partial charge >= 0.3 is 6.18 Å². The maximum atomic E-state index is 11.9. The Morgan fingerprint density at radius 1 is 1.45 bits per heavy atom. The van der Waals surface area contributed by atoms with Crippen molar-refractivity contribution in [1.29, 1.82) is 0 Å². The molecule has 0 nitrogen and oxygen atoms in total. The Hall–Kier alpha value is -0.470. The number of rotatable bonds is 3. The van der Waals surface area contributed by atoms with Crippen LogP contribution in [0.15, 0.2) is 12.2 Å². The van der Waals surface area contributed by atoms with Gasteiger partial charge < -0.3 is 0 Å². The Bertz CT molecular complexity index is 135. The molecule has 0 rings (SSSR count). The number of halogens is 3. The molecule has 0 N–H and O–H groups in total. The average molecular weight is 166 g/mol. The highest BCUT2D eigenvalue weighted by molar-refractivity contribution is 4.88. The molecule has 0 aromatic rings. The van der Waals surface area contributed by atoms with Crippen LogP contribution in [-0.4, -0.2) is 6.18 Å². The summed E-state index contributed by atoms with van der Waals surface area (Å²) in [6.07, 6.45) is -3.44. The molecular formula is C8H13F3. The predicted octanol–water partition coefficient (Wildman–Crippen LogP) is 3.54. The van der Waals surface area contributed by atoms with Gasteiger partial charge in [0.2, 0.25) is 0 Å². The summed E-state index contributed by atoms with van der Waals surface area (Å²) in [5.74, 6) is -1.21. The number of allylic oxidation sites excluding steroid dienone is 1. The van der Waals surface area contributed by atoms with E-state index >= 15 is 0 Å². The van der Waals surface area contributed by atoms with Gasteiger partial charge in [0.25, 0.3) is 0 Å². The standard InChI is InChI=1S/C8H13F3/c1-6(2)4-5-7(3)8(9,10)11/h7H,1,4-5H2,2-3H3. The summed E-state index contributed by atoms with van der Waals surface area (Å²) >= 11 is 0. The van der Waals surface area contributed by atoms with Gasteiger partial charge in [-0.25, -0.2) is 0 Å². The molecule has 0 radical (unpaired) electrons. The molecule has 0 saturated heterocycles. The van der Waals surface area contributed by atoms with E-state index in [9.17, 15) is 13.2 Å². The minimum Gasteiger partial charge on any atom is -0.171 e. The van der Waals surface area contributed by atoms with Gasteiger partial charge in [0.05, 0.1) is 5.92 Å². The fourth-order valence-electron chi connectivity index (χ4n) is 0.627. The first-order valence-corrected chi connectivity index (χ1v) is 3.55. The molecule has 0 fully saturated rings. The topological polar surface area (TPSA) is 0 Å². The fraction of sp³-hybridized carbons (Fsp3) is 0.750. The first-order chi connectivity index (χ1) is 4.84. The molecule has 0 amide bonds. The number of hydrogen-bond donors (Lipinski definition) is 0. The van der Waals surface area contributed by atoms with Gasteiger partial charge in [0.15, 0.2) is 0 Å². The van der Waals surface area contributed by atoms with Crippen LogP contribution in [0.1, 0.15) is 26.7 Å². The maximum absolute atomic E-state index is 11.9. The van der Waals surface area contributed by atoms with Gasteiger partial charge in [-0.15, -0.1) is 6.58 Å². The van der Waals surface area contributed by atoms with E-state index in [1.54, 1.807) is 6.92 Å². The van der Waals surface area contributed by atoms with Crippen molar-refractivity contribution in [3.63, 3.8) is 0 Å². The molecule has 0 saturated carbocycles. The molecule has 0 aliphatic rings. The Kier molecular flexibility index (Phi) is 3.63. The predicted molar refractivity (Wildman–Crippen MR) is 39.3 cm³/mol. The highest BCUT2D eigenvalue weighted by Gasteiger charge is 2.34. The first-order valence-electron chi connectivity index (χ1n) is 3.55. The molecule has 0 aromatic heterocycles. The van der Waals surface area contributed by atoms with Gasteiger partial charge in [-0.3, -0.25) is 0 Å². The number of alkyl halides is 3. The fourth-order valence-corrected chi connectivity index (χ4v) is 0.627. The van der Waals surface area contributed by atoms with Crippen molar-refractivity contribution in [2.45, 2.75) is 32.9 Å². The minimum atomic E-state index is -4.05. The van der Waals surface area contributed by atoms with Crippen molar-refractivity contribution in [3.8, 4) is 0 Å². The van der Waals surface area contributed by atoms with Gasteiger partial charge in [-0.05, 0) is 19.8 Å². The molecule has 1 atom stereocenters. The molecular weight excluding hydrogens is 153 g/mol. The van der Waals surface area contributed by atoms with Crippen LogP contribution in [0, 0.1) is 5.92 Å². The van der Waals surface area contributed by atoms with Crippen LogP contribution in [-0.2, 0) is 0 Å². The van der Waals surface area contributed by atoms with E-state index in [1.165, 1.54) is 6.92 Å². The molecule has 0 bridgehead atoms. The smallest absolute Gasteiger partial charge is 0.171 e. The lowest BCUT2D eigenvalue weighted by Crippen LogP contribution is -2.19. The van der Waals surface area contributed by atoms with Crippen molar-refractivity contribution in [2.75, 3.05) is 0 Å². The van der Waals surface area contributed by atoms with E-state index < -0.39 is 12.1 Å². The third-order valence-electron chi connectivity index (χ3n) is 1.56. The summed E-state index contributed by atoms with van der Waals surface area (Å²) in [4.78, 5) is 0. The Balaban J connectivity index is 3.70. The molecule has 0 spiro atoms. The summed E-state index contributed by atoms with van der Waals surface area (Å²) in [6.45, 7) is 6.48. The normalized spacial score (nSPS) is 14.6. The van der Waals surface area contributed by atoms with E-state index in [2.05, 4.69) is 6.58 Å². The van der Waals surface area contributed by atoms with E-state index in [-0.39, 0.29) is 6.42 Å². The maximum Gasteiger partial charge on any atom is 0.391 e. The molecule has 3 heteroatoms. The quantitative estimate of drug-likeness (QED) is 0.562. The second-order valence-corrected chi connectivity index (χ2v) is 2.94. The van der Waals surface area contributed by atoms with Crippen LogP contribution < -0.4 is 0 Å². The van der Waals surface area contributed by atoms with Crippen molar-refractivity contribution in [3.05, 3.63) is 12.2 Å². The van der Waals surface area contributed by atoms with Gasteiger partial charge in [-0.2, -0.15) is 13.2 Å². The zero-order valence-electron chi connectivity index (χ0n) is 6.83. The largest absolute Gasteiger partial charge is 0.391 e. The Labute approximate surface area is 65.1 Å². The summed E-state index contributed by atoms with van der Waals surface area (Å²) in [7, 11) is 0. The zero-order valence-corrected chi connectivity index (χ0v) is 6.83. The summed E-state index contributed by atoms with van der Waals surface area (Å²) < 4.78 is 35.6. The van der Waals surface area contributed by atoms with Crippen LogP contribution in [0.5, 0.6) is 0 Å². The molecule has 66 valence electrons. The highest BCUT2D eigenvalue weighted by Crippen LogP contribution is 2.29. The average Bonchev–Trinajstić information content (AvgIpc) is 1.80. The molecule has 1 unspecified atom stereocenters. The Morgan fingerprint density at radius 3 is 2.18 bits per heavy atom. The van der Waals surface area contributed by atoms with Gasteiger partial charge in [-0.1, -0.05) is 12.5 Å². The van der Waals surface area contributed by atoms with Crippen LogP contribution in [0.2, 0.25) is 0 Å². The van der Waals surface area contributed by atoms with Gasteiger partial charge in [0, 0.05) is 0 Å². The number of hydrogen-bond acceptors (Lipinski definition) is 0. The van der Waals surface area contributed by atoms with Gasteiger partial charge in [0.1, 0.15) is 0 Å². The lowest BCUT2D eigenvalue weighted by atomic mass is 10.0. The molecule has 0 aliphatic carbocycles. The second-order valence-electron chi connectivity index (χ2n) is 2.94. The molecule has 0 aliphatic heterocycles. The lowest BCUT2D eigenvalue weighted by Gasteiger charge is -2.14. The summed E-state index contributed by atoms with van der Waals surface area (Å²) in [6, 6.07) is 0. The third kappa shape index (κ3) is 4.87. The SMILES string of the molecule is C=C(C)CCC(C)C(F)(F)F. The van der Waals surface area contributed by atoms with Crippen molar-refractivity contribution in [1.82, 2.24) is 0 Å². The Morgan fingerprint density at radius 2 is 1.91 bits per heavy atom. The van der Waals surface area contributed by atoms with Crippen LogP contribution in [0.25, 0.3) is 0 Å². The lowest BCUT2D eigenvalue weighted by molar-refractivity contribution is -0.170. The van der Waals surface area contributed by atoms with Crippen molar-refractivity contribution >= 4 is 0 Å². The molecule has 0 heterocycles. The monoisotopic (exact) mass is 166 g/mol. The highest BCUT2D eigenvalue weighted by atomic mass is 19.4. The van der Waals surface area contributed by atoms with E-state index in [0.717, 1.165) is 5.57 Å². The minimum absolute atomic E-state index is 0.152. The van der Waals surface area contributed by atoms with Crippen LogP contribution >= 0.6 is 0 Å². The molecule has 11 heavy (non-hydrogen) atoms. The molecule has 0 aromatic carbocycles. The summed E-state index contributed by atoms with van der Waals surface area (Å²) in [5, 5.41) is 0. The van der Waals surface area contributed by atoms with E-state index in [1.807, 2.05) is 0 Å². The summed E-state index contributed by atoms with van der Waals surface area (Å²) in [5.41, 5.74) is 0.807. The van der Waals surface area contributed by atoms with E-state index in [0.29, 0.717) is 6.42 Å². The van der Waals surface area contributed by atoms with Crippen molar-refractivity contribution in [2.24, 2.45) is 5.92 Å². The third-order valence-corrected chi connectivity index (χ3v) is 1.56. The first kappa shape index (κ1) is 10.5. The zero-order chi connectivity index (χ0) is 9.07. The van der Waals surface area contributed by atoms with E-state index in [4.69, 9.17) is 0 Å².